The van der Waals surface area contributed by atoms with E-state index in [4.69, 9.17) is 14.6 Å². The predicted molar refractivity (Wildman–Crippen MR) is 79.5 cm³/mol. The molecule has 0 aromatic heterocycles. The topological polar surface area (TPSA) is 38.7 Å². The molecule has 0 amide bonds. The minimum atomic E-state index is 0.108. The monoisotopic (exact) mass is 276 g/mol. The summed E-state index contributed by atoms with van der Waals surface area (Å²) in [6, 6.07) is 0. The van der Waals surface area contributed by atoms with Crippen LogP contribution in [-0.4, -0.2) is 36.1 Å². The van der Waals surface area contributed by atoms with Gasteiger partial charge in [0.1, 0.15) is 0 Å². The van der Waals surface area contributed by atoms with Gasteiger partial charge in [0, 0.05) is 13.0 Å². The van der Waals surface area contributed by atoms with Crippen LogP contribution < -0.4 is 0 Å². The lowest BCUT2D eigenvalue weighted by atomic mass is 10.1. The van der Waals surface area contributed by atoms with Crippen LogP contribution in [0.4, 0.5) is 0 Å². The number of ether oxygens (including phenoxy) is 2. The fourth-order valence-electron chi connectivity index (χ4n) is 1.83. The Morgan fingerprint density at radius 3 is 2.44 bits per heavy atom. The van der Waals surface area contributed by atoms with Crippen molar-refractivity contribution in [1.82, 2.24) is 0 Å². The van der Waals surface area contributed by atoms with Crippen molar-refractivity contribution >= 4 is 17.3 Å². The number of hydrogen-bond donors (Lipinski definition) is 1. The van der Waals surface area contributed by atoms with Gasteiger partial charge in [-0.05, 0) is 38.4 Å². The second-order valence-electron chi connectivity index (χ2n) is 4.47. The lowest BCUT2D eigenvalue weighted by Gasteiger charge is -2.17. The number of thiocarbonyl (C=S) groups is 1. The molecule has 0 bridgehead atoms. The molecule has 0 radical (unpaired) electrons. The van der Waals surface area contributed by atoms with E-state index in [0.29, 0.717) is 19.6 Å². The Bertz CT molecular complexity index is 197. The first kappa shape index (κ1) is 17.8. The SMILES string of the molecule is CCCCCC(CCCC(O)=S)OCCOCC. The Morgan fingerprint density at radius 2 is 1.83 bits per heavy atom. The molecule has 0 saturated carbocycles. The second-order valence-corrected chi connectivity index (χ2v) is 4.94. The molecule has 0 spiro atoms. The highest BCUT2D eigenvalue weighted by atomic mass is 32.1. The molecule has 4 heteroatoms. The Hall–Kier alpha value is -0.190. The standard InChI is InChI=1S/C14H28O3S/c1-3-5-6-8-13(9-7-10-14(15)18)17-12-11-16-4-2/h13H,3-12H2,1-2H3,(H,15,18). The molecule has 3 nitrogen and oxygen atoms in total. The summed E-state index contributed by atoms with van der Waals surface area (Å²) in [6.45, 7) is 6.26. The van der Waals surface area contributed by atoms with Crippen LogP contribution in [0.1, 0.15) is 58.8 Å². The average Bonchev–Trinajstić information content (AvgIpc) is 2.33. The summed E-state index contributed by atoms with van der Waals surface area (Å²) in [6.07, 6.45) is 7.55. The van der Waals surface area contributed by atoms with E-state index in [1.807, 2.05) is 6.92 Å². The van der Waals surface area contributed by atoms with Crippen LogP contribution in [-0.2, 0) is 9.47 Å². The molecule has 1 unspecified atom stereocenters. The molecule has 0 aliphatic carbocycles. The summed E-state index contributed by atoms with van der Waals surface area (Å²) in [5, 5.41) is 9.10. The Kier molecular flexibility index (Phi) is 13.1. The van der Waals surface area contributed by atoms with E-state index in [1.165, 1.54) is 19.3 Å². The Balaban J connectivity index is 3.72. The third-order valence-corrected chi connectivity index (χ3v) is 3.04. The minimum Gasteiger partial charge on any atom is -0.502 e. The summed E-state index contributed by atoms with van der Waals surface area (Å²) >= 11 is 4.67. The molecule has 1 atom stereocenters. The molecule has 0 saturated heterocycles. The van der Waals surface area contributed by atoms with Crippen molar-refractivity contribution in [2.45, 2.75) is 64.9 Å². The number of unbranched alkanes of at least 4 members (excludes halogenated alkanes) is 2. The second kappa shape index (κ2) is 13.2. The van der Waals surface area contributed by atoms with Crippen LogP contribution in [0.5, 0.6) is 0 Å². The van der Waals surface area contributed by atoms with Crippen LogP contribution >= 0.6 is 12.2 Å². The van der Waals surface area contributed by atoms with Crippen molar-refractivity contribution in [3.63, 3.8) is 0 Å². The van der Waals surface area contributed by atoms with E-state index >= 15 is 0 Å². The highest BCUT2D eigenvalue weighted by Gasteiger charge is 2.09. The van der Waals surface area contributed by atoms with Crippen LogP contribution in [0.25, 0.3) is 0 Å². The van der Waals surface area contributed by atoms with E-state index in [0.717, 1.165) is 25.9 Å². The van der Waals surface area contributed by atoms with Gasteiger partial charge in [-0.2, -0.15) is 0 Å². The van der Waals surface area contributed by atoms with Crippen LogP contribution in [0.15, 0.2) is 0 Å². The van der Waals surface area contributed by atoms with Gasteiger partial charge < -0.3 is 14.6 Å². The third-order valence-electron chi connectivity index (χ3n) is 2.83. The first-order valence-electron chi connectivity index (χ1n) is 7.11. The molecular weight excluding hydrogens is 248 g/mol. The summed E-state index contributed by atoms with van der Waals surface area (Å²) < 4.78 is 11.1. The average molecular weight is 276 g/mol. The lowest BCUT2D eigenvalue weighted by Crippen LogP contribution is -2.17. The normalized spacial score (nSPS) is 12.6. The third kappa shape index (κ3) is 12.3. The van der Waals surface area contributed by atoms with Gasteiger partial charge in [0.2, 0.25) is 0 Å². The van der Waals surface area contributed by atoms with Crippen LogP contribution in [0, 0.1) is 0 Å². The quantitative estimate of drug-likeness (QED) is 0.407. The first-order valence-corrected chi connectivity index (χ1v) is 7.52. The Labute approximate surface area is 117 Å². The smallest absolute Gasteiger partial charge is 0.156 e. The molecule has 1 N–H and O–H groups in total. The zero-order valence-electron chi connectivity index (χ0n) is 11.8. The zero-order chi connectivity index (χ0) is 13.6. The van der Waals surface area contributed by atoms with E-state index < -0.39 is 0 Å². The number of aliphatic hydroxyl groups is 1. The zero-order valence-corrected chi connectivity index (χ0v) is 12.6. The van der Waals surface area contributed by atoms with Gasteiger partial charge in [-0.1, -0.05) is 26.2 Å². The van der Waals surface area contributed by atoms with Gasteiger partial charge in [-0.25, -0.2) is 0 Å². The molecule has 108 valence electrons. The molecule has 0 heterocycles. The van der Waals surface area contributed by atoms with Gasteiger partial charge in [-0.15, -0.1) is 0 Å². The van der Waals surface area contributed by atoms with E-state index in [2.05, 4.69) is 19.1 Å². The summed E-state index contributed by atoms with van der Waals surface area (Å²) in [7, 11) is 0. The van der Waals surface area contributed by atoms with Gasteiger partial charge >= 0.3 is 0 Å². The largest absolute Gasteiger partial charge is 0.502 e. The number of rotatable bonds is 13. The maximum Gasteiger partial charge on any atom is 0.156 e. The van der Waals surface area contributed by atoms with Crippen LogP contribution in [0.2, 0.25) is 0 Å². The van der Waals surface area contributed by atoms with Gasteiger partial charge in [-0.3, -0.25) is 0 Å². The number of hydrogen-bond acceptors (Lipinski definition) is 3. The molecular formula is C14H28O3S. The fraction of sp³-hybridized carbons (Fsp3) is 0.929. The summed E-state index contributed by atoms with van der Waals surface area (Å²) in [4.78, 5) is 0. The summed E-state index contributed by atoms with van der Waals surface area (Å²) in [5.41, 5.74) is 0. The molecule has 0 aliphatic heterocycles. The van der Waals surface area contributed by atoms with E-state index in [-0.39, 0.29) is 11.2 Å². The predicted octanol–water partition coefficient (Wildman–Crippen LogP) is 4.04. The van der Waals surface area contributed by atoms with Gasteiger partial charge in [0.15, 0.2) is 5.05 Å². The molecule has 0 aromatic carbocycles. The molecule has 0 rings (SSSR count). The van der Waals surface area contributed by atoms with Gasteiger partial charge in [0.25, 0.3) is 0 Å². The molecule has 0 aromatic rings. The summed E-state index contributed by atoms with van der Waals surface area (Å²) in [5.74, 6) is 0. The van der Waals surface area contributed by atoms with Gasteiger partial charge in [0.05, 0.1) is 19.3 Å². The maximum absolute atomic E-state index is 9.00. The van der Waals surface area contributed by atoms with Crippen molar-refractivity contribution in [2.75, 3.05) is 19.8 Å². The maximum atomic E-state index is 9.00. The molecule has 18 heavy (non-hydrogen) atoms. The van der Waals surface area contributed by atoms with Crippen molar-refractivity contribution in [2.24, 2.45) is 0 Å². The van der Waals surface area contributed by atoms with Crippen LogP contribution in [0.3, 0.4) is 0 Å². The van der Waals surface area contributed by atoms with E-state index in [1.54, 1.807) is 0 Å². The van der Waals surface area contributed by atoms with Crippen molar-refractivity contribution in [1.29, 1.82) is 0 Å². The van der Waals surface area contributed by atoms with Crippen molar-refractivity contribution in [3.05, 3.63) is 0 Å². The Morgan fingerprint density at radius 1 is 1.11 bits per heavy atom. The highest BCUT2D eigenvalue weighted by Crippen LogP contribution is 2.13. The molecule has 0 aliphatic rings. The lowest BCUT2D eigenvalue weighted by molar-refractivity contribution is -0.00121. The van der Waals surface area contributed by atoms with Crippen molar-refractivity contribution < 1.29 is 14.6 Å². The fourth-order valence-corrected chi connectivity index (χ4v) is 1.98. The first-order chi connectivity index (χ1) is 8.70. The number of aliphatic hydroxyl groups excluding tert-OH is 1. The minimum absolute atomic E-state index is 0.108. The van der Waals surface area contributed by atoms with Crippen molar-refractivity contribution in [3.8, 4) is 0 Å². The highest BCUT2D eigenvalue weighted by molar-refractivity contribution is 7.80. The van der Waals surface area contributed by atoms with E-state index in [9.17, 15) is 0 Å². The molecule has 0 fully saturated rings.